The molecule has 0 saturated carbocycles. The first-order chi connectivity index (χ1) is 8.99. The Morgan fingerprint density at radius 3 is 2.89 bits per heavy atom. The van der Waals surface area contributed by atoms with E-state index in [2.05, 4.69) is 4.98 Å². The molecule has 2 aromatic rings. The molecule has 1 saturated heterocycles. The number of nitrogens with two attached hydrogens (primary N) is 1. The predicted molar refractivity (Wildman–Crippen MR) is 70.4 cm³/mol. The van der Waals surface area contributed by atoms with Gasteiger partial charge in [0.15, 0.2) is 0 Å². The van der Waals surface area contributed by atoms with Crippen molar-refractivity contribution in [2.45, 2.75) is 12.5 Å². The zero-order valence-electron chi connectivity index (χ0n) is 10.2. The number of halogens is 2. The Hall–Kier alpha value is -1.82. The van der Waals surface area contributed by atoms with Gasteiger partial charge in [-0.1, -0.05) is 11.6 Å². The number of nitrogen functional groups attached to an aromatic ring is 1. The molecule has 2 heterocycles. The summed E-state index contributed by atoms with van der Waals surface area (Å²) >= 11 is 5.72. The van der Waals surface area contributed by atoms with Gasteiger partial charge in [0.25, 0.3) is 0 Å². The lowest BCUT2D eigenvalue weighted by molar-refractivity contribution is -0.129. The maximum atomic E-state index is 13.6. The molecule has 1 aromatic carbocycles. The number of fused-ring (bicyclic) bond motifs is 1. The van der Waals surface area contributed by atoms with Crippen molar-refractivity contribution in [1.82, 2.24) is 14.5 Å². The molecule has 1 amide bonds. The monoisotopic (exact) mass is 282 g/mol. The number of nitrogens with zero attached hydrogens (tertiary/aromatic N) is 3. The van der Waals surface area contributed by atoms with Crippen LogP contribution in [-0.4, -0.2) is 34.0 Å². The van der Waals surface area contributed by atoms with E-state index < -0.39 is 11.9 Å². The highest BCUT2D eigenvalue weighted by atomic mass is 35.5. The summed E-state index contributed by atoms with van der Waals surface area (Å²) in [5, 5.41) is -0.00739. The molecule has 0 spiro atoms. The van der Waals surface area contributed by atoms with E-state index in [1.807, 2.05) is 0 Å². The minimum atomic E-state index is -0.547. The van der Waals surface area contributed by atoms with Crippen molar-refractivity contribution >= 4 is 34.5 Å². The average molecular weight is 283 g/mol. The number of hydrogen-bond acceptors (Lipinski definition) is 3. The number of carbonyl (C=O) groups excluding carboxylic acids is 1. The summed E-state index contributed by atoms with van der Waals surface area (Å²) < 4.78 is 15.2. The van der Waals surface area contributed by atoms with Gasteiger partial charge in [0.05, 0.1) is 16.1 Å². The van der Waals surface area contributed by atoms with Crippen LogP contribution in [0, 0.1) is 5.82 Å². The molecule has 1 unspecified atom stereocenters. The minimum absolute atomic E-state index is 0.00739. The van der Waals surface area contributed by atoms with Gasteiger partial charge in [-0.25, -0.2) is 9.37 Å². The van der Waals surface area contributed by atoms with Crippen LogP contribution in [0.25, 0.3) is 11.0 Å². The van der Waals surface area contributed by atoms with Crippen molar-refractivity contribution in [3.8, 4) is 0 Å². The first kappa shape index (κ1) is 12.2. The summed E-state index contributed by atoms with van der Waals surface area (Å²) in [6, 6.07) is 2.27. The second kappa shape index (κ2) is 4.09. The molecule has 3 rings (SSSR count). The van der Waals surface area contributed by atoms with E-state index >= 15 is 0 Å². The molecule has 1 aliphatic heterocycles. The Morgan fingerprint density at radius 2 is 2.26 bits per heavy atom. The second-order valence-corrected chi connectivity index (χ2v) is 5.07. The van der Waals surface area contributed by atoms with Crippen molar-refractivity contribution in [2.24, 2.45) is 0 Å². The summed E-state index contributed by atoms with van der Waals surface area (Å²) in [5.41, 5.74) is 6.84. The Labute approximate surface area is 113 Å². The average Bonchev–Trinajstić information content (AvgIpc) is 2.82. The number of amides is 1. The van der Waals surface area contributed by atoms with Gasteiger partial charge >= 0.3 is 0 Å². The molecule has 1 fully saturated rings. The van der Waals surface area contributed by atoms with Crippen LogP contribution < -0.4 is 5.73 Å². The third kappa shape index (κ3) is 1.74. The first-order valence-corrected chi connectivity index (χ1v) is 6.24. The van der Waals surface area contributed by atoms with Gasteiger partial charge in [-0.2, -0.15) is 0 Å². The lowest BCUT2D eigenvalue weighted by Crippen LogP contribution is -2.25. The molecule has 1 atom stereocenters. The normalized spacial score (nSPS) is 19.6. The van der Waals surface area contributed by atoms with Gasteiger partial charge in [0, 0.05) is 19.7 Å². The number of rotatable bonds is 1. The third-order valence-corrected chi connectivity index (χ3v) is 3.76. The van der Waals surface area contributed by atoms with Crippen molar-refractivity contribution in [3.63, 3.8) is 0 Å². The molecule has 5 nitrogen and oxygen atoms in total. The Morgan fingerprint density at radius 1 is 1.53 bits per heavy atom. The van der Waals surface area contributed by atoms with Crippen LogP contribution in [0.15, 0.2) is 12.1 Å². The molecule has 1 aromatic heterocycles. The fraction of sp³-hybridized carbons (Fsp3) is 0.333. The summed E-state index contributed by atoms with van der Waals surface area (Å²) in [7, 11) is 1.73. The zero-order chi connectivity index (χ0) is 13.7. The van der Waals surface area contributed by atoms with Crippen LogP contribution in [0.2, 0.25) is 5.02 Å². The SMILES string of the molecule is CN1CCC(n2c(N)nc3cc(Cl)c(F)cc32)C1=O. The minimum Gasteiger partial charge on any atom is -0.369 e. The van der Waals surface area contributed by atoms with Crippen molar-refractivity contribution in [3.05, 3.63) is 23.0 Å². The van der Waals surface area contributed by atoms with Crippen LogP contribution in [0.3, 0.4) is 0 Å². The molecule has 7 heteroatoms. The Balaban J connectivity index is 2.21. The first-order valence-electron chi connectivity index (χ1n) is 5.86. The highest BCUT2D eigenvalue weighted by Crippen LogP contribution is 2.31. The molecule has 100 valence electrons. The van der Waals surface area contributed by atoms with E-state index in [0.717, 1.165) is 0 Å². The van der Waals surface area contributed by atoms with Crippen LogP contribution in [0.4, 0.5) is 10.3 Å². The van der Waals surface area contributed by atoms with Gasteiger partial charge in [-0.15, -0.1) is 0 Å². The number of likely N-dealkylation sites (N-methyl/N-ethyl adjacent to an activating group) is 1. The number of imidazole rings is 1. The number of anilines is 1. The lowest BCUT2D eigenvalue weighted by atomic mass is 10.2. The lowest BCUT2D eigenvalue weighted by Gasteiger charge is -2.14. The Kier molecular flexibility index (Phi) is 2.63. The van der Waals surface area contributed by atoms with E-state index in [9.17, 15) is 9.18 Å². The van der Waals surface area contributed by atoms with Crippen LogP contribution in [-0.2, 0) is 4.79 Å². The predicted octanol–water partition coefficient (Wildman–Crippen LogP) is 1.81. The molecule has 1 aliphatic rings. The number of hydrogen-bond donors (Lipinski definition) is 1. The van der Waals surface area contributed by atoms with Crippen molar-refractivity contribution in [2.75, 3.05) is 19.3 Å². The molecule has 0 bridgehead atoms. The van der Waals surface area contributed by atoms with Crippen LogP contribution >= 0.6 is 11.6 Å². The largest absolute Gasteiger partial charge is 0.369 e. The molecule has 19 heavy (non-hydrogen) atoms. The fourth-order valence-electron chi connectivity index (χ4n) is 2.48. The van der Waals surface area contributed by atoms with E-state index in [1.54, 1.807) is 16.5 Å². The number of benzene rings is 1. The van der Waals surface area contributed by atoms with Crippen LogP contribution in [0.1, 0.15) is 12.5 Å². The third-order valence-electron chi connectivity index (χ3n) is 3.47. The standard InChI is InChI=1S/C12H12ClFN4O/c1-17-3-2-9(11(17)19)18-10-5-7(14)6(13)4-8(10)16-12(18)15/h4-5,9H,2-3H2,1H3,(H2,15,16). The maximum Gasteiger partial charge on any atom is 0.245 e. The van der Waals surface area contributed by atoms with E-state index in [4.69, 9.17) is 17.3 Å². The van der Waals surface area contributed by atoms with Gasteiger partial charge in [0.2, 0.25) is 11.9 Å². The van der Waals surface area contributed by atoms with E-state index in [0.29, 0.717) is 24.0 Å². The summed E-state index contributed by atoms with van der Waals surface area (Å²) in [4.78, 5) is 17.8. The zero-order valence-corrected chi connectivity index (χ0v) is 11.0. The molecule has 0 aliphatic carbocycles. The van der Waals surface area contributed by atoms with Crippen molar-refractivity contribution < 1.29 is 9.18 Å². The maximum absolute atomic E-state index is 13.6. The van der Waals surface area contributed by atoms with Gasteiger partial charge in [0.1, 0.15) is 11.9 Å². The Bertz CT molecular complexity index is 684. The summed E-state index contributed by atoms with van der Waals surface area (Å²) in [5.74, 6) is -0.388. The molecule has 0 radical (unpaired) electrons. The molecule has 2 N–H and O–H groups in total. The van der Waals surface area contributed by atoms with E-state index in [-0.39, 0.29) is 16.9 Å². The molecular formula is C12H12ClFN4O. The second-order valence-electron chi connectivity index (χ2n) is 4.66. The number of aromatic nitrogens is 2. The summed E-state index contributed by atoms with van der Waals surface area (Å²) in [6.07, 6.45) is 0.634. The highest BCUT2D eigenvalue weighted by molar-refractivity contribution is 6.31. The smallest absolute Gasteiger partial charge is 0.245 e. The van der Waals surface area contributed by atoms with Crippen LogP contribution in [0.5, 0.6) is 0 Å². The summed E-state index contributed by atoms with van der Waals surface area (Å²) in [6.45, 7) is 0.651. The van der Waals surface area contributed by atoms with E-state index in [1.165, 1.54) is 12.1 Å². The highest BCUT2D eigenvalue weighted by Gasteiger charge is 2.33. The topological polar surface area (TPSA) is 64.2 Å². The van der Waals surface area contributed by atoms with Crippen molar-refractivity contribution in [1.29, 1.82) is 0 Å². The molecular weight excluding hydrogens is 271 g/mol. The number of likely N-dealkylation sites (tertiary alicyclic amines) is 1. The quantitative estimate of drug-likeness (QED) is 0.868. The fourth-order valence-corrected chi connectivity index (χ4v) is 2.64. The van der Waals surface area contributed by atoms with Gasteiger partial charge in [-0.3, -0.25) is 9.36 Å². The van der Waals surface area contributed by atoms with Gasteiger partial charge < -0.3 is 10.6 Å². The number of carbonyl (C=O) groups is 1. The van der Waals surface area contributed by atoms with Gasteiger partial charge in [-0.05, 0) is 12.5 Å².